The molecule has 1 aliphatic rings. The van der Waals surface area contributed by atoms with Gasteiger partial charge in [-0.2, -0.15) is 0 Å². The fraction of sp³-hybridized carbons (Fsp3) is 0.0769. The predicted molar refractivity (Wildman–Crippen MR) is 122 cm³/mol. The number of benzene rings is 3. The molecular weight excluding hydrogens is 368 g/mol. The van der Waals surface area contributed by atoms with E-state index in [1.165, 1.54) is 5.56 Å². The minimum Gasteiger partial charge on any atom is -0.361 e. The van der Waals surface area contributed by atoms with Crippen LogP contribution in [0, 0.1) is 0 Å². The van der Waals surface area contributed by atoms with E-state index in [0.717, 1.165) is 44.7 Å². The Morgan fingerprint density at radius 1 is 0.767 bits per heavy atom. The fourth-order valence-corrected chi connectivity index (χ4v) is 4.44. The lowest BCUT2D eigenvalue weighted by molar-refractivity contribution is 0.799. The van der Waals surface area contributed by atoms with E-state index in [-0.39, 0.29) is 5.92 Å². The molecule has 3 aromatic carbocycles. The highest BCUT2D eigenvalue weighted by Gasteiger charge is 2.30. The second-order valence-electron chi connectivity index (χ2n) is 7.67. The Morgan fingerprint density at radius 3 is 2.43 bits per heavy atom. The van der Waals surface area contributed by atoms with Gasteiger partial charge in [0.15, 0.2) is 0 Å². The number of rotatable bonds is 2. The Bertz CT molecular complexity index is 1440. The summed E-state index contributed by atoms with van der Waals surface area (Å²) in [6, 6.07) is 29.2. The molecule has 5 aromatic rings. The van der Waals surface area contributed by atoms with Crippen LogP contribution < -0.4 is 5.32 Å². The Morgan fingerprint density at radius 2 is 1.53 bits per heavy atom. The Balaban J connectivity index is 1.59. The lowest BCUT2D eigenvalue weighted by Gasteiger charge is -2.27. The van der Waals surface area contributed by atoms with Crippen LogP contribution in [0.5, 0.6) is 0 Å². The molecule has 6 rings (SSSR count). The summed E-state index contributed by atoms with van der Waals surface area (Å²) in [7, 11) is 2.10. The summed E-state index contributed by atoms with van der Waals surface area (Å²) in [5.41, 5.74) is 7.55. The summed E-state index contributed by atoms with van der Waals surface area (Å²) in [5.74, 6) is 1.01. The number of aromatic nitrogens is 3. The zero-order chi connectivity index (χ0) is 20.1. The third-order valence-corrected chi connectivity index (χ3v) is 5.94. The molecule has 0 radical (unpaired) electrons. The maximum absolute atomic E-state index is 5.04. The minimum atomic E-state index is -0.00601. The number of hydrogen-bond acceptors (Lipinski definition) is 3. The molecule has 0 aliphatic carbocycles. The number of anilines is 1. The fourth-order valence-electron chi connectivity index (χ4n) is 4.44. The molecule has 0 saturated carbocycles. The van der Waals surface area contributed by atoms with Crippen molar-refractivity contribution in [3.8, 4) is 0 Å². The van der Waals surface area contributed by atoms with Gasteiger partial charge in [-0.25, -0.2) is 9.97 Å². The zero-order valence-corrected chi connectivity index (χ0v) is 16.6. The van der Waals surface area contributed by atoms with E-state index in [1.54, 1.807) is 0 Å². The number of hydrogen-bond donors (Lipinski definition) is 1. The van der Waals surface area contributed by atoms with Gasteiger partial charge in [0.25, 0.3) is 0 Å². The van der Waals surface area contributed by atoms with E-state index < -0.39 is 0 Å². The molecule has 0 unspecified atom stereocenters. The highest BCUT2D eigenvalue weighted by Crippen LogP contribution is 2.43. The quantitative estimate of drug-likeness (QED) is 0.421. The second-order valence-corrected chi connectivity index (χ2v) is 7.67. The van der Waals surface area contributed by atoms with E-state index in [0.29, 0.717) is 0 Å². The van der Waals surface area contributed by atoms with Gasteiger partial charge in [0, 0.05) is 29.9 Å². The predicted octanol–water partition coefficient (Wildman–Crippen LogP) is 5.72. The summed E-state index contributed by atoms with van der Waals surface area (Å²) in [6.07, 6.45) is 2.09. The summed E-state index contributed by atoms with van der Waals surface area (Å²) >= 11 is 0. The Hall–Kier alpha value is -3.92. The van der Waals surface area contributed by atoms with Crippen molar-refractivity contribution in [3.63, 3.8) is 0 Å². The van der Waals surface area contributed by atoms with Gasteiger partial charge in [-0.1, -0.05) is 54.6 Å². The van der Waals surface area contributed by atoms with Gasteiger partial charge in [-0.05, 0) is 35.9 Å². The molecule has 0 bridgehead atoms. The van der Waals surface area contributed by atoms with Gasteiger partial charge >= 0.3 is 0 Å². The van der Waals surface area contributed by atoms with Gasteiger partial charge in [0.2, 0.25) is 0 Å². The molecule has 4 heteroatoms. The maximum atomic E-state index is 5.04. The third kappa shape index (κ3) is 2.54. The van der Waals surface area contributed by atoms with Crippen LogP contribution in [0.2, 0.25) is 0 Å². The van der Waals surface area contributed by atoms with Gasteiger partial charge in [0.05, 0.1) is 28.2 Å². The monoisotopic (exact) mass is 388 g/mol. The van der Waals surface area contributed by atoms with Crippen LogP contribution in [0.3, 0.4) is 0 Å². The Kier molecular flexibility index (Phi) is 3.71. The first kappa shape index (κ1) is 17.0. The summed E-state index contributed by atoms with van der Waals surface area (Å²) in [6.45, 7) is 0. The van der Waals surface area contributed by atoms with Crippen molar-refractivity contribution >= 4 is 33.2 Å². The zero-order valence-electron chi connectivity index (χ0n) is 16.6. The lowest BCUT2D eigenvalue weighted by atomic mass is 9.85. The molecule has 0 fully saturated rings. The van der Waals surface area contributed by atoms with Gasteiger partial charge < -0.3 is 9.88 Å². The average Bonchev–Trinajstić information content (AvgIpc) is 3.14. The average molecular weight is 388 g/mol. The van der Waals surface area contributed by atoms with Crippen molar-refractivity contribution in [3.05, 3.63) is 108 Å². The number of pyridine rings is 1. The number of fused-ring (bicyclic) bond motifs is 3. The van der Waals surface area contributed by atoms with E-state index >= 15 is 0 Å². The van der Waals surface area contributed by atoms with E-state index in [9.17, 15) is 0 Å². The number of nitrogens with one attached hydrogen (secondary N) is 1. The molecule has 1 N–H and O–H groups in total. The summed E-state index contributed by atoms with van der Waals surface area (Å²) in [5, 5.41) is 4.62. The maximum Gasteiger partial charge on any atom is 0.121 e. The molecule has 2 aromatic heterocycles. The summed E-state index contributed by atoms with van der Waals surface area (Å²) < 4.78 is 2.21. The normalized spacial score (nSPS) is 15.6. The molecule has 1 atom stereocenters. The van der Waals surface area contributed by atoms with Crippen LogP contribution in [0.4, 0.5) is 5.69 Å². The molecule has 3 heterocycles. The Labute approximate surface area is 174 Å². The topological polar surface area (TPSA) is 42.7 Å². The first-order valence-electron chi connectivity index (χ1n) is 10.1. The molecule has 1 aliphatic heterocycles. The van der Waals surface area contributed by atoms with Gasteiger partial charge in [-0.3, -0.25) is 0 Å². The number of allylic oxidation sites excluding steroid dienone is 1. The van der Waals surface area contributed by atoms with Gasteiger partial charge in [0.1, 0.15) is 5.82 Å². The van der Waals surface area contributed by atoms with Crippen molar-refractivity contribution in [1.82, 2.24) is 14.5 Å². The number of imidazole rings is 1. The number of nitrogens with zero attached hydrogens (tertiary/aromatic N) is 3. The minimum absolute atomic E-state index is 0.00601. The SMILES string of the molecule is Cn1c([C@@H]2C(c3ccc4ccccc4n3)=CNc3ccccc32)nc2ccccc21. The first-order valence-corrected chi connectivity index (χ1v) is 10.1. The molecule has 0 amide bonds. The smallest absolute Gasteiger partial charge is 0.121 e. The molecule has 0 saturated heterocycles. The molecule has 30 heavy (non-hydrogen) atoms. The van der Waals surface area contributed by atoms with Crippen LogP contribution in [-0.2, 0) is 7.05 Å². The van der Waals surface area contributed by atoms with E-state index in [2.05, 4.69) is 89.9 Å². The molecular formula is C26H20N4. The van der Waals surface area contributed by atoms with Gasteiger partial charge in [-0.15, -0.1) is 0 Å². The van der Waals surface area contributed by atoms with Crippen molar-refractivity contribution in [2.24, 2.45) is 7.05 Å². The van der Waals surface area contributed by atoms with Crippen molar-refractivity contribution in [2.75, 3.05) is 5.32 Å². The first-order chi connectivity index (χ1) is 14.8. The molecule has 0 spiro atoms. The second kappa shape index (κ2) is 6.56. The van der Waals surface area contributed by atoms with Crippen molar-refractivity contribution in [1.29, 1.82) is 0 Å². The number of para-hydroxylation sites is 4. The van der Waals surface area contributed by atoms with E-state index in [4.69, 9.17) is 9.97 Å². The van der Waals surface area contributed by atoms with Crippen LogP contribution in [0.1, 0.15) is 23.0 Å². The standard InChI is InChI=1S/C26H20N4/c1-30-24-13-7-6-12-23(24)29-26(30)25-18-9-3-5-11-21(18)27-16-19(25)22-15-14-17-8-2-4-10-20(17)28-22/h2-16,25,27H,1H3/t25-/m0/s1. The van der Waals surface area contributed by atoms with Crippen LogP contribution >= 0.6 is 0 Å². The number of aryl methyl sites for hydroxylation is 1. The van der Waals surface area contributed by atoms with Crippen molar-refractivity contribution in [2.45, 2.75) is 5.92 Å². The molecule has 144 valence electrons. The van der Waals surface area contributed by atoms with E-state index in [1.807, 2.05) is 18.2 Å². The largest absolute Gasteiger partial charge is 0.361 e. The highest BCUT2D eigenvalue weighted by molar-refractivity contribution is 5.86. The molecule has 4 nitrogen and oxygen atoms in total. The third-order valence-electron chi connectivity index (χ3n) is 5.94. The van der Waals surface area contributed by atoms with Crippen LogP contribution in [-0.4, -0.2) is 14.5 Å². The van der Waals surface area contributed by atoms with Crippen LogP contribution in [0.25, 0.3) is 27.5 Å². The van der Waals surface area contributed by atoms with Crippen LogP contribution in [0.15, 0.2) is 91.1 Å². The highest BCUT2D eigenvalue weighted by atomic mass is 15.1. The summed E-state index contributed by atoms with van der Waals surface area (Å²) in [4.78, 5) is 10.0. The lowest BCUT2D eigenvalue weighted by Crippen LogP contribution is -2.17. The van der Waals surface area contributed by atoms with Crippen molar-refractivity contribution < 1.29 is 0 Å².